The van der Waals surface area contributed by atoms with Gasteiger partial charge in [0, 0.05) is 23.8 Å². The molecule has 0 N–H and O–H groups in total. The van der Waals surface area contributed by atoms with Crippen molar-refractivity contribution in [2.24, 2.45) is 0 Å². The summed E-state index contributed by atoms with van der Waals surface area (Å²) >= 11 is 0. The van der Waals surface area contributed by atoms with Crippen molar-refractivity contribution in [2.45, 2.75) is 6.92 Å². The van der Waals surface area contributed by atoms with E-state index in [-0.39, 0.29) is 6.71 Å². The lowest BCUT2D eigenvalue weighted by atomic mass is 9.34. The fourth-order valence-electron chi connectivity index (χ4n) is 6.58. The summed E-state index contributed by atoms with van der Waals surface area (Å²) in [7, 11) is 0. The number of fused-ring (bicyclic) bond motifs is 10. The Bertz CT molecular complexity index is 1820. The van der Waals surface area contributed by atoms with Gasteiger partial charge in [-0.15, -0.1) is 0 Å². The highest BCUT2D eigenvalue weighted by Gasteiger charge is 2.40. The molecule has 148 valence electrons. The van der Waals surface area contributed by atoms with Crippen molar-refractivity contribution >= 4 is 56.5 Å². The molecule has 0 bridgehead atoms. The maximum Gasteiger partial charge on any atom is 0.252 e. The first-order chi connectivity index (χ1) is 15.8. The van der Waals surface area contributed by atoms with Crippen molar-refractivity contribution in [3.05, 3.63) is 90.8 Å². The number of hydrogen-bond acceptors (Lipinski definition) is 0. The molecule has 3 aromatic carbocycles. The van der Waals surface area contributed by atoms with Gasteiger partial charge >= 0.3 is 0 Å². The Morgan fingerprint density at radius 2 is 1.16 bits per heavy atom. The number of hydrogen-bond donors (Lipinski definition) is 0. The fourth-order valence-corrected chi connectivity index (χ4v) is 6.58. The largest absolute Gasteiger partial charge is 0.301 e. The second-order valence-corrected chi connectivity index (χ2v) is 9.22. The zero-order valence-corrected chi connectivity index (χ0v) is 17.4. The third-order valence-electron chi connectivity index (χ3n) is 7.64. The van der Waals surface area contributed by atoms with Gasteiger partial charge in [0.05, 0.1) is 22.1 Å². The SMILES string of the molecule is Cc1cc2c3c(c1)-n1c4c(cccc4n4cccc14)B3c1cccc3c1n-2c1cccn31. The Morgan fingerprint density at radius 3 is 1.69 bits per heavy atom. The molecule has 2 aliphatic heterocycles. The van der Waals surface area contributed by atoms with Crippen molar-refractivity contribution in [3.8, 4) is 11.4 Å². The zero-order valence-electron chi connectivity index (χ0n) is 17.4. The summed E-state index contributed by atoms with van der Waals surface area (Å²) in [5, 5.41) is 0. The molecule has 4 aromatic heterocycles. The minimum atomic E-state index is 0.229. The van der Waals surface area contributed by atoms with Crippen molar-refractivity contribution < 1.29 is 0 Å². The zero-order chi connectivity index (χ0) is 20.7. The van der Waals surface area contributed by atoms with Crippen LogP contribution in [0.2, 0.25) is 0 Å². The second kappa shape index (κ2) is 4.86. The summed E-state index contributed by atoms with van der Waals surface area (Å²) in [6, 6.07) is 27.1. The lowest BCUT2D eigenvalue weighted by Crippen LogP contribution is -2.59. The third-order valence-corrected chi connectivity index (χ3v) is 7.64. The summed E-state index contributed by atoms with van der Waals surface area (Å²) in [4.78, 5) is 0. The van der Waals surface area contributed by atoms with E-state index in [1.54, 1.807) is 0 Å². The quantitative estimate of drug-likeness (QED) is 0.342. The van der Waals surface area contributed by atoms with Gasteiger partial charge in [0.1, 0.15) is 11.3 Å². The van der Waals surface area contributed by atoms with E-state index in [0.29, 0.717) is 0 Å². The van der Waals surface area contributed by atoms with E-state index >= 15 is 0 Å². The monoisotopic (exact) mass is 408 g/mol. The highest BCUT2D eigenvalue weighted by atomic mass is 15.2. The summed E-state index contributed by atoms with van der Waals surface area (Å²) in [6.07, 6.45) is 4.37. The highest BCUT2D eigenvalue weighted by molar-refractivity contribution is 7.00. The van der Waals surface area contributed by atoms with Gasteiger partial charge in [0.15, 0.2) is 0 Å². The molecule has 0 spiro atoms. The summed E-state index contributed by atoms with van der Waals surface area (Å²) in [5.41, 5.74) is 15.8. The molecule has 7 aromatic rings. The molecule has 4 nitrogen and oxygen atoms in total. The normalized spacial score (nSPS) is 13.7. The first kappa shape index (κ1) is 15.7. The molecular formula is C27H17BN4. The molecule has 6 heterocycles. The standard InChI is InChI=1S/C27H17BN4/c1-16-14-21-25-22(15-16)32-24-11-5-13-30(24)20-9-3-7-18(27(20)32)28(25)17-6-2-8-19-26(17)31(21)23-10-4-12-29(19)23/h2-15H,1H3. The van der Waals surface area contributed by atoms with Crippen LogP contribution in [0.5, 0.6) is 0 Å². The van der Waals surface area contributed by atoms with E-state index < -0.39 is 0 Å². The Hall–Kier alpha value is -4.12. The summed E-state index contributed by atoms with van der Waals surface area (Å²) in [5.74, 6) is 0. The number of para-hydroxylation sites is 2. The van der Waals surface area contributed by atoms with E-state index in [2.05, 4.69) is 110 Å². The lowest BCUT2D eigenvalue weighted by molar-refractivity contribution is 1.10. The van der Waals surface area contributed by atoms with Gasteiger partial charge in [-0.05, 0) is 77.4 Å². The number of imidazole rings is 2. The maximum atomic E-state index is 2.48. The number of rotatable bonds is 0. The van der Waals surface area contributed by atoms with Gasteiger partial charge in [-0.25, -0.2) is 0 Å². The molecule has 0 amide bonds. The van der Waals surface area contributed by atoms with Gasteiger partial charge in [0.25, 0.3) is 6.71 Å². The van der Waals surface area contributed by atoms with Gasteiger partial charge in [-0.2, -0.15) is 0 Å². The topological polar surface area (TPSA) is 18.7 Å². The van der Waals surface area contributed by atoms with Crippen LogP contribution < -0.4 is 16.4 Å². The van der Waals surface area contributed by atoms with Crippen LogP contribution >= 0.6 is 0 Å². The van der Waals surface area contributed by atoms with Crippen LogP contribution in [0.1, 0.15) is 5.56 Å². The van der Waals surface area contributed by atoms with E-state index in [9.17, 15) is 0 Å². The van der Waals surface area contributed by atoms with Crippen LogP contribution in [-0.4, -0.2) is 24.6 Å². The van der Waals surface area contributed by atoms with E-state index in [0.717, 1.165) is 0 Å². The van der Waals surface area contributed by atoms with Crippen LogP contribution in [0.15, 0.2) is 85.2 Å². The molecule has 2 aliphatic rings. The van der Waals surface area contributed by atoms with Crippen molar-refractivity contribution in [1.82, 2.24) is 17.9 Å². The smallest absolute Gasteiger partial charge is 0.252 e. The number of benzene rings is 3. The molecule has 0 saturated heterocycles. The summed E-state index contributed by atoms with van der Waals surface area (Å²) in [6.45, 7) is 2.45. The number of aromatic nitrogens is 4. The van der Waals surface area contributed by atoms with Crippen molar-refractivity contribution in [2.75, 3.05) is 0 Å². The molecule has 0 unspecified atom stereocenters. The van der Waals surface area contributed by atoms with Crippen LogP contribution in [0.4, 0.5) is 0 Å². The molecule has 0 radical (unpaired) electrons. The Balaban J connectivity index is 1.61. The second-order valence-electron chi connectivity index (χ2n) is 9.22. The Kier molecular flexibility index (Phi) is 2.38. The van der Waals surface area contributed by atoms with E-state index in [4.69, 9.17) is 0 Å². The van der Waals surface area contributed by atoms with Crippen LogP contribution in [-0.2, 0) is 0 Å². The first-order valence-electron chi connectivity index (χ1n) is 11.2. The number of aryl methyl sites for hydroxylation is 1. The van der Waals surface area contributed by atoms with E-state index in [1.165, 1.54) is 66.7 Å². The van der Waals surface area contributed by atoms with Crippen LogP contribution in [0, 0.1) is 6.92 Å². The van der Waals surface area contributed by atoms with Gasteiger partial charge in [0.2, 0.25) is 0 Å². The molecular weight excluding hydrogens is 391 g/mol. The average Bonchev–Trinajstić information content (AvgIpc) is 3.56. The van der Waals surface area contributed by atoms with Crippen molar-refractivity contribution in [3.63, 3.8) is 0 Å². The Morgan fingerprint density at radius 1 is 0.625 bits per heavy atom. The van der Waals surface area contributed by atoms with Crippen LogP contribution in [0.3, 0.4) is 0 Å². The predicted octanol–water partition coefficient (Wildman–Crippen LogP) is 3.53. The third kappa shape index (κ3) is 1.49. The molecule has 5 heteroatoms. The minimum Gasteiger partial charge on any atom is -0.301 e. The van der Waals surface area contributed by atoms with Crippen LogP contribution in [0.25, 0.3) is 44.7 Å². The highest BCUT2D eigenvalue weighted by Crippen LogP contribution is 2.34. The minimum absolute atomic E-state index is 0.229. The van der Waals surface area contributed by atoms with Crippen molar-refractivity contribution in [1.29, 1.82) is 0 Å². The summed E-state index contributed by atoms with van der Waals surface area (Å²) < 4.78 is 9.63. The van der Waals surface area contributed by atoms with E-state index in [1.807, 2.05) is 0 Å². The maximum absolute atomic E-state index is 2.48. The number of nitrogens with zero attached hydrogens (tertiary/aromatic N) is 4. The Labute approximate surface area is 183 Å². The molecule has 0 fully saturated rings. The molecule has 0 aliphatic carbocycles. The first-order valence-corrected chi connectivity index (χ1v) is 11.2. The molecule has 32 heavy (non-hydrogen) atoms. The molecule has 0 saturated carbocycles. The van der Waals surface area contributed by atoms with Gasteiger partial charge in [-0.3, -0.25) is 9.13 Å². The lowest BCUT2D eigenvalue weighted by Gasteiger charge is -2.33. The predicted molar refractivity (Wildman–Crippen MR) is 131 cm³/mol. The van der Waals surface area contributed by atoms with Gasteiger partial charge < -0.3 is 8.80 Å². The molecule has 9 rings (SSSR count). The fraction of sp³-hybridized carbons (Fsp3) is 0.0370. The molecule has 0 atom stereocenters. The van der Waals surface area contributed by atoms with Gasteiger partial charge in [-0.1, -0.05) is 24.3 Å². The average molecular weight is 408 g/mol.